The Morgan fingerprint density at radius 2 is 1.88 bits per heavy atom. The van der Waals surface area contributed by atoms with Crippen molar-refractivity contribution in [2.45, 2.75) is 75.9 Å². The summed E-state index contributed by atoms with van der Waals surface area (Å²) in [5, 5.41) is 17.2. The van der Waals surface area contributed by atoms with Crippen molar-refractivity contribution in [3.8, 4) is 0 Å². The number of anilines is 1. The Morgan fingerprint density at radius 3 is 2.65 bits per heavy atom. The highest BCUT2D eigenvalue weighted by Crippen LogP contribution is 2.38. The second-order valence-electron chi connectivity index (χ2n) is 10.2. The Balaban J connectivity index is 1.32. The largest absolute Gasteiger partial charge is 0.462 e. The van der Waals surface area contributed by atoms with Crippen LogP contribution in [-0.2, 0) is 41.9 Å². The van der Waals surface area contributed by atoms with E-state index in [2.05, 4.69) is 33.0 Å². The molecule has 2 amide bonds. The third kappa shape index (κ3) is 7.73. The molecule has 9 nitrogen and oxygen atoms in total. The Bertz CT molecular complexity index is 1550. The van der Waals surface area contributed by atoms with Crippen molar-refractivity contribution in [2.24, 2.45) is 0 Å². The molecular formula is C31H35N5O4S3. The first-order valence-electron chi connectivity index (χ1n) is 14.5. The first kappa shape index (κ1) is 31.0. The smallest absolute Gasteiger partial charge is 0.341 e. The molecule has 0 unspecified atom stereocenters. The number of fused-ring (bicyclic) bond motifs is 1. The van der Waals surface area contributed by atoms with Crippen LogP contribution in [0.5, 0.6) is 0 Å². The molecule has 0 aliphatic heterocycles. The molecular weight excluding hydrogens is 603 g/mol. The van der Waals surface area contributed by atoms with Gasteiger partial charge in [-0.15, -0.1) is 32.9 Å². The molecule has 3 aromatic heterocycles. The van der Waals surface area contributed by atoms with Crippen LogP contribution in [0, 0.1) is 0 Å². The van der Waals surface area contributed by atoms with Gasteiger partial charge in [-0.05, 0) is 68.5 Å². The molecule has 3 heterocycles. The number of nitrogens with zero attached hydrogens (tertiary/aromatic N) is 3. The maximum absolute atomic E-state index is 13.5. The second kappa shape index (κ2) is 14.8. The summed E-state index contributed by atoms with van der Waals surface area (Å²) in [5.41, 5.74) is 2.69. The SMILES string of the molecule is CCOC(=O)c1c(NC(=O)[C@H](C)Sc2nnc(CNC(=O)c3cccs3)n2CCc2ccccc2)sc2c1CCCCC2. The first-order valence-corrected chi connectivity index (χ1v) is 17.1. The highest BCUT2D eigenvalue weighted by molar-refractivity contribution is 8.00. The Hall–Kier alpha value is -3.48. The number of carbonyl (C=O) groups is 3. The van der Waals surface area contributed by atoms with Gasteiger partial charge in [0.2, 0.25) is 5.91 Å². The summed E-state index contributed by atoms with van der Waals surface area (Å²) in [6.07, 6.45) is 5.68. The normalized spacial score (nSPS) is 13.5. The maximum atomic E-state index is 13.5. The van der Waals surface area contributed by atoms with E-state index < -0.39 is 5.25 Å². The average Bonchev–Trinajstić information content (AvgIpc) is 3.72. The number of thiophene rings is 2. The van der Waals surface area contributed by atoms with Gasteiger partial charge >= 0.3 is 5.97 Å². The summed E-state index contributed by atoms with van der Waals surface area (Å²) in [4.78, 5) is 40.8. The molecule has 0 saturated carbocycles. The van der Waals surface area contributed by atoms with Crippen LogP contribution in [0.15, 0.2) is 53.0 Å². The van der Waals surface area contributed by atoms with Crippen molar-refractivity contribution in [1.29, 1.82) is 0 Å². The number of aromatic nitrogens is 3. The molecule has 2 N–H and O–H groups in total. The van der Waals surface area contributed by atoms with Crippen LogP contribution < -0.4 is 10.6 Å². The van der Waals surface area contributed by atoms with Gasteiger partial charge < -0.3 is 19.9 Å². The molecule has 5 rings (SSSR count). The molecule has 1 aliphatic carbocycles. The number of hydrogen-bond donors (Lipinski definition) is 2. The van der Waals surface area contributed by atoms with Crippen LogP contribution in [0.4, 0.5) is 5.00 Å². The molecule has 12 heteroatoms. The quantitative estimate of drug-likeness (QED) is 0.109. The molecule has 1 aliphatic rings. The zero-order valence-electron chi connectivity index (χ0n) is 24.3. The monoisotopic (exact) mass is 637 g/mol. The van der Waals surface area contributed by atoms with Crippen molar-refractivity contribution in [2.75, 3.05) is 11.9 Å². The highest BCUT2D eigenvalue weighted by atomic mass is 32.2. The minimum atomic E-state index is -0.523. The minimum Gasteiger partial charge on any atom is -0.462 e. The van der Waals surface area contributed by atoms with Crippen LogP contribution in [-0.4, -0.2) is 44.4 Å². The molecule has 0 fully saturated rings. The fourth-order valence-electron chi connectivity index (χ4n) is 4.98. The van der Waals surface area contributed by atoms with Crippen molar-refractivity contribution >= 4 is 57.2 Å². The number of benzene rings is 1. The summed E-state index contributed by atoms with van der Waals surface area (Å²) < 4.78 is 7.34. The number of esters is 1. The third-order valence-electron chi connectivity index (χ3n) is 7.20. The number of hydrogen-bond acceptors (Lipinski definition) is 9. The molecule has 0 spiro atoms. The molecule has 1 atom stereocenters. The van der Waals surface area contributed by atoms with Gasteiger partial charge in [-0.25, -0.2) is 4.79 Å². The van der Waals surface area contributed by atoms with E-state index in [1.165, 1.54) is 34.4 Å². The zero-order chi connectivity index (χ0) is 30.2. The van der Waals surface area contributed by atoms with Crippen LogP contribution >= 0.6 is 34.4 Å². The van der Waals surface area contributed by atoms with E-state index in [4.69, 9.17) is 4.74 Å². The fourth-order valence-corrected chi connectivity index (χ4v) is 7.79. The van der Waals surface area contributed by atoms with Gasteiger partial charge in [0.05, 0.1) is 28.8 Å². The van der Waals surface area contributed by atoms with Gasteiger partial charge in [0, 0.05) is 11.4 Å². The van der Waals surface area contributed by atoms with Crippen molar-refractivity contribution in [1.82, 2.24) is 20.1 Å². The number of rotatable bonds is 12. The van der Waals surface area contributed by atoms with Gasteiger partial charge in [-0.3, -0.25) is 9.59 Å². The number of nitrogens with one attached hydrogen (secondary N) is 2. The Labute approximate surface area is 263 Å². The maximum Gasteiger partial charge on any atom is 0.341 e. The van der Waals surface area contributed by atoms with Gasteiger partial charge in [-0.1, -0.05) is 54.6 Å². The van der Waals surface area contributed by atoms with E-state index in [9.17, 15) is 14.4 Å². The number of carbonyl (C=O) groups excluding carboxylic acids is 3. The lowest BCUT2D eigenvalue weighted by Gasteiger charge is -2.14. The standard InChI is InChI=1S/C31H35N5O4S3/c1-3-40-30(39)26-22-13-8-5-9-14-23(22)43-29(26)33-27(37)20(2)42-31-35-34-25(19-32-28(38)24-15-10-18-41-24)36(31)17-16-21-11-6-4-7-12-21/h4,6-7,10-12,15,18,20H,3,5,8-9,13-14,16-17,19H2,1-2H3,(H,32,38)(H,33,37)/t20-/m0/s1. The number of amides is 2. The van der Waals surface area contributed by atoms with Crippen LogP contribution in [0.25, 0.3) is 0 Å². The summed E-state index contributed by atoms with van der Waals surface area (Å²) in [6, 6.07) is 13.7. The lowest BCUT2D eigenvalue weighted by Crippen LogP contribution is -2.25. The predicted octanol–water partition coefficient (Wildman–Crippen LogP) is 6.14. The molecule has 0 bridgehead atoms. The van der Waals surface area contributed by atoms with Crippen molar-refractivity contribution in [3.63, 3.8) is 0 Å². The zero-order valence-corrected chi connectivity index (χ0v) is 26.7. The van der Waals surface area contributed by atoms with E-state index >= 15 is 0 Å². The van der Waals surface area contributed by atoms with Gasteiger partial charge in [0.25, 0.3) is 5.91 Å². The average molecular weight is 638 g/mol. The minimum absolute atomic E-state index is 0.165. The third-order valence-corrected chi connectivity index (χ3v) is 10.4. The molecule has 4 aromatic rings. The van der Waals surface area contributed by atoms with E-state index in [1.807, 2.05) is 41.1 Å². The Kier molecular flexibility index (Phi) is 10.7. The van der Waals surface area contributed by atoms with E-state index in [1.54, 1.807) is 13.0 Å². The lowest BCUT2D eigenvalue weighted by atomic mass is 10.1. The number of thioether (sulfide) groups is 1. The topological polar surface area (TPSA) is 115 Å². The predicted molar refractivity (Wildman–Crippen MR) is 171 cm³/mol. The Morgan fingerprint density at radius 1 is 1.07 bits per heavy atom. The van der Waals surface area contributed by atoms with Gasteiger partial charge in [-0.2, -0.15) is 0 Å². The van der Waals surface area contributed by atoms with Crippen LogP contribution in [0.3, 0.4) is 0 Å². The van der Waals surface area contributed by atoms with Crippen LogP contribution in [0.1, 0.15) is 75.0 Å². The number of aryl methyl sites for hydroxylation is 2. The summed E-state index contributed by atoms with van der Waals surface area (Å²) in [7, 11) is 0. The summed E-state index contributed by atoms with van der Waals surface area (Å²) in [6.45, 7) is 4.68. The van der Waals surface area contributed by atoms with E-state index in [0.29, 0.717) is 33.0 Å². The van der Waals surface area contributed by atoms with E-state index in [-0.39, 0.29) is 30.9 Å². The van der Waals surface area contributed by atoms with Gasteiger partial charge in [0.15, 0.2) is 11.0 Å². The fraction of sp³-hybridized carbons (Fsp3) is 0.387. The molecule has 43 heavy (non-hydrogen) atoms. The first-order chi connectivity index (χ1) is 20.9. The van der Waals surface area contributed by atoms with Crippen LogP contribution in [0.2, 0.25) is 0 Å². The number of ether oxygens (including phenoxy) is 1. The van der Waals surface area contributed by atoms with E-state index in [0.717, 1.165) is 54.5 Å². The lowest BCUT2D eigenvalue weighted by molar-refractivity contribution is -0.115. The molecule has 226 valence electrons. The molecule has 1 aromatic carbocycles. The summed E-state index contributed by atoms with van der Waals surface area (Å²) in [5.74, 6) is -0.159. The highest BCUT2D eigenvalue weighted by Gasteiger charge is 2.28. The second-order valence-corrected chi connectivity index (χ2v) is 13.5. The van der Waals surface area contributed by atoms with Gasteiger partial charge in [0.1, 0.15) is 5.00 Å². The summed E-state index contributed by atoms with van der Waals surface area (Å²) >= 11 is 4.17. The van der Waals surface area contributed by atoms with Crippen molar-refractivity contribution < 1.29 is 19.1 Å². The molecule has 0 radical (unpaired) electrons. The molecule has 0 saturated heterocycles. The van der Waals surface area contributed by atoms with Crippen molar-refractivity contribution in [3.05, 3.63) is 80.1 Å².